The second-order valence-corrected chi connectivity index (χ2v) is 4.53. The van der Waals surface area contributed by atoms with Crippen molar-refractivity contribution in [1.29, 1.82) is 0 Å². The maximum Gasteiger partial charge on any atom is -0.0286 e. The fourth-order valence-corrected chi connectivity index (χ4v) is 2.61. The van der Waals surface area contributed by atoms with Crippen molar-refractivity contribution in [3.05, 3.63) is 12.2 Å². The highest BCUT2D eigenvalue weighted by Crippen LogP contribution is 2.65. The molecule has 0 N–H and O–H groups in total. The van der Waals surface area contributed by atoms with Crippen LogP contribution in [0.25, 0.3) is 0 Å². The maximum atomic E-state index is 4.06. The Kier molecular flexibility index (Phi) is 1.07. The Morgan fingerprint density at radius 2 is 2.10 bits per heavy atom. The van der Waals surface area contributed by atoms with Gasteiger partial charge in [-0.15, -0.1) is 0 Å². The van der Waals surface area contributed by atoms with Gasteiger partial charge >= 0.3 is 0 Å². The monoisotopic (exact) mass is 136 g/mol. The number of allylic oxidation sites excluding steroid dienone is 1. The van der Waals surface area contributed by atoms with E-state index in [-0.39, 0.29) is 0 Å². The first kappa shape index (κ1) is 6.45. The minimum atomic E-state index is 0.666. The molecule has 2 rings (SSSR count). The lowest BCUT2D eigenvalue weighted by Crippen LogP contribution is -1.94. The van der Waals surface area contributed by atoms with Crippen molar-refractivity contribution in [3.63, 3.8) is 0 Å². The summed E-state index contributed by atoms with van der Waals surface area (Å²) in [6.45, 7) is 8.86. The molecule has 0 heterocycles. The molecule has 0 radical (unpaired) electrons. The zero-order valence-electron chi connectivity index (χ0n) is 6.98. The topological polar surface area (TPSA) is 0 Å². The Morgan fingerprint density at radius 3 is 2.60 bits per heavy atom. The third-order valence-electron chi connectivity index (χ3n) is 3.61. The van der Waals surface area contributed by atoms with Crippen molar-refractivity contribution in [2.24, 2.45) is 17.3 Å². The lowest BCUT2D eigenvalue weighted by Gasteiger charge is -2.09. The van der Waals surface area contributed by atoms with Crippen LogP contribution < -0.4 is 0 Å². The molecule has 0 aromatic heterocycles. The van der Waals surface area contributed by atoms with Gasteiger partial charge in [-0.3, -0.25) is 0 Å². The van der Waals surface area contributed by atoms with Gasteiger partial charge in [0.1, 0.15) is 0 Å². The molecule has 2 aliphatic carbocycles. The van der Waals surface area contributed by atoms with Crippen LogP contribution in [0, 0.1) is 17.3 Å². The van der Waals surface area contributed by atoms with E-state index in [4.69, 9.17) is 0 Å². The molecule has 0 amide bonds. The SMILES string of the molecule is C=C1CC[C@@H]2[C@H](C1)C2(C)C. The normalized spacial score (nSPS) is 42.8. The summed E-state index contributed by atoms with van der Waals surface area (Å²) in [5, 5.41) is 0. The summed E-state index contributed by atoms with van der Waals surface area (Å²) in [6.07, 6.45) is 4.03. The fraction of sp³-hybridized carbons (Fsp3) is 0.800. The lowest BCUT2D eigenvalue weighted by molar-refractivity contribution is 0.536. The Balaban J connectivity index is 2.10. The molecule has 0 nitrogen and oxygen atoms in total. The Hall–Kier alpha value is -0.260. The predicted molar refractivity (Wildman–Crippen MR) is 43.8 cm³/mol. The molecule has 56 valence electrons. The Bertz CT molecular complexity index is 176. The second kappa shape index (κ2) is 1.66. The molecule has 2 saturated carbocycles. The quantitative estimate of drug-likeness (QED) is 0.449. The summed E-state index contributed by atoms with van der Waals surface area (Å²) in [7, 11) is 0. The molecule has 2 fully saturated rings. The molecule has 0 heteroatoms. The molecule has 10 heavy (non-hydrogen) atoms. The zero-order chi connectivity index (χ0) is 7.35. The maximum absolute atomic E-state index is 4.06. The first-order valence-electron chi connectivity index (χ1n) is 4.29. The van der Waals surface area contributed by atoms with E-state index in [1.54, 1.807) is 0 Å². The van der Waals surface area contributed by atoms with Gasteiger partial charge in [-0.2, -0.15) is 0 Å². The van der Waals surface area contributed by atoms with E-state index < -0.39 is 0 Å². The summed E-state index contributed by atoms with van der Waals surface area (Å²) in [6, 6.07) is 0. The van der Waals surface area contributed by atoms with Crippen LogP contribution in [0.4, 0.5) is 0 Å². The lowest BCUT2D eigenvalue weighted by atomic mass is 9.97. The predicted octanol–water partition coefficient (Wildman–Crippen LogP) is 3.00. The summed E-state index contributed by atoms with van der Waals surface area (Å²) in [4.78, 5) is 0. The summed E-state index contributed by atoms with van der Waals surface area (Å²) >= 11 is 0. The third-order valence-corrected chi connectivity index (χ3v) is 3.61. The first-order chi connectivity index (χ1) is 4.62. The fourth-order valence-electron chi connectivity index (χ4n) is 2.61. The van der Waals surface area contributed by atoms with Crippen LogP contribution in [0.5, 0.6) is 0 Å². The van der Waals surface area contributed by atoms with Crippen molar-refractivity contribution in [2.45, 2.75) is 33.1 Å². The van der Waals surface area contributed by atoms with Gasteiger partial charge in [0.15, 0.2) is 0 Å². The molecular weight excluding hydrogens is 120 g/mol. The van der Waals surface area contributed by atoms with Crippen molar-refractivity contribution < 1.29 is 0 Å². The highest BCUT2D eigenvalue weighted by atomic mass is 14.6. The van der Waals surface area contributed by atoms with Crippen molar-refractivity contribution in [3.8, 4) is 0 Å². The average molecular weight is 136 g/mol. The van der Waals surface area contributed by atoms with Crippen LogP contribution in [-0.2, 0) is 0 Å². The molecule has 2 aliphatic rings. The molecule has 0 saturated heterocycles. The molecule has 0 spiro atoms. The Labute approximate surface area is 63.3 Å². The zero-order valence-corrected chi connectivity index (χ0v) is 6.98. The smallest absolute Gasteiger partial charge is 0.0286 e. The minimum absolute atomic E-state index is 0.666. The largest absolute Gasteiger partial charge is 0.0999 e. The van der Waals surface area contributed by atoms with Crippen LogP contribution >= 0.6 is 0 Å². The van der Waals surface area contributed by atoms with Crippen molar-refractivity contribution >= 4 is 0 Å². The van der Waals surface area contributed by atoms with Gasteiger partial charge in [-0.05, 0) is 36.5 Å². The number of hydrogen-bond donors (Lipinski definition) is 0. The van der Waals surface area contributed by atoms with E-state index in [1.807, 2.05) is 0 Å². The molecule has 0 bridgehead atoms. The van der Waals surface area contributed by atoms with Crippen molar-refractivity contribution in [1.82, 2.24) is 0 Å². The van der Waals surface area contributed by atoms with Crippen LogP contribution in [0.15, 0.2) is 12.2 Å². The first-order valence-corrected chi connectivity index (χ1v) is 4.29. The van der Waals surface area contributed by atoms with Crippen LogP contribution in [-0.4, -0.2) is 0 Å². The van der Waals surface area contributed by atoms with E-state index >= 15 is 0 Å². The molecule has 0 aromatic carbocycles. The molecular formula is C10H16. The van der Waals surface area contributed by atoms with E-state index in [2.05, 4.69) is 20.4 Å². The van der Waals surface area contributed by atoms with E-state index in [1.165, 1.54) is 24.8 Å². The number of hydrogen-bond acceptors (Lipinski definition) is 0. The highest BCUT2D eigenvalue weighted by molar-refractivity contribution is 5.16. The summed E-state index contributed by atoms with van der Waals surface area (Å²) in [5.74, 6) is 2.03. The standard InChI is InChI=1S/C10H16/c1-7-4-5-8-9(6-7)10(8,2)3/h8-9H,1,4-6H2,2-3H3/t8-,9+/m1/s1. The van der Waals surface area contributed by atoms with Gasteiger partial charge in [-0.25, -0.2) is 0 Å². The highest BCUT2D eigenvalue weighted by Gasteiger charge is 2.57. The van der Waals surface area contributed by atoms with E-state index in [0.29, 0.717) is 5.41 Å². The van der Waals surface area contributed by atoms with Gasteiger partial charge in [0, 0.05) is 0 Å². The molecule has 0 unspecified atom stereocenters. The third kappa shape index (κ3) is 0.680. The second-order valence-electron chi connectivity index (χ2n) is 4.53. The van der Waals surface area contributed by atoms with Gasteiger partial charge < -0.3 is 0 Å². The van der Waals surface area contributed by atoms with Gasteiger partial charge in [0.2, 0.25) is 0 Å². The average Bonchev–Trinajstić information content (AvgIpc) is 2.36. The minimum Gasteiger partial charge on any atom is -0.0999 e. The van der Waals surface area contributed by atoms with E-state index in [0.717, 1.165) is 11.8 Å². The molecule has 0 aromatic rings. The van der Waals surface area contributed by atoms with Crippen molar-refractivity contribution in [2.75, 3.05) is 0 Å². The summed E-state index contributed by atoms with van der Waals surface area (Å²) in [5.41, 5.74) is 2.16. The van der Waals surface area contributed by atoms with Crippen LogP contribution in [0.1, 0.15) is 33.1 Å². The number of fused-ring (bicyclic) bond motifs is 1. The Morgan fingerprint density at radius 1 is 1.40 bits per heavy atom. The summed E-state index contributed by atoms with van der Waals surface area (Å²) < 4.78 is 0. The van der Waals surface area contributed by atoms with Gasteiger partial charge in [0.05, 0.1) is 0 Å². The van der Waals surface area contributed by atoms with Crippen LogP contribution in [0.3, 0.4) is 0 Å². The molecule has 2 atom stereocenters. The number of rotatable bonds is 0. The van der Waals surface area contributed by atoms with Gasteiger partial charge in [0.25, 0.3) is 0 Å². The van der Waals surface area contributed by atoms with Crippen LogP contribution in [0.2, 0.25) is 0 Å². The molecule has 0 aliphatic heterocycles. The van der Waals surface area contributed by atoms with Gasteiger partial charge in [-0.1, -0.05) is 26.0 Å². The van der Waals surface area contributed by atoms with E-state index in [9.17, 15) is 0 Å².